The average Bonchev–Trinajstić information content (AvgIpc) is 2.58. The third kappa shape index (κ3) is 4.99. The number of carbonyl (C=O) groups excluding carboxylic acids is 2. The second-order valence-corrected chi connectivity index (χ2v) is 6.71. The number of benzene rings is 2. The Morgan fingerprint density at radius 2 is 1.77 bits per heavy atom. The molecule has 138 valence electrons. The van der Waals surface area contributed by atoms with Crippen molar-refractivity contribution in [3.05, 3.63) is 58.6 Å². The van der Waals surface area contributed by atoms with Crippen LogP contribution < -0.4 is 10.1 Å². The molecule has 0 aliphatic heterocycles. The first-order valence-corrected chi connectivity index (χ1v) is 8.64. The highest BCUT2D eigenvalue weighted by Gasteiger charge is 2.30. The first-order valence-electron chi connectivity index (χ1n) is 8.26. The molecular formula is C20H22ClNO4. The molecule has 0 atom stereocenters. The van der Waals surface area contributed by atoms with Gasteiger partial charge in [-0.3, -0.25) is 4.79 Å². The number of rotatable bonds is 6. The van der Waals surface area contributed by atoms with Crippen LogP contribution in [0.3, 0.4) is 0 Å². The van der Waals surface area contributed by atoms with Crippen LogP contribution in [-0.2, 0) is 9.53 Å². The van der Waals surface area contributed by atoms with E-state index in [0.29, 0.717) is 28.6 Å². The van der Waals surface area contributed by atoms with Gasteiger partial charge in [-0.15, -0.1) is 0 Å². The Hall–Kier alpha value is -2.53. The Bertz CT molecular complexity index is 800. The molecule has 0 fully saturated rings. The van der Waals surface area contributed by atoms with Crippen LogP contribution in [0.1, 0.15) is 36.7 Å². The third-order valence-corrected chi connectivity index (χ3v) is 3.97. The van der Waals surface area contributed by atoms with E-state index in [1.54, 1.807) is 63.2 Å². The maximum Gasteiger partial charge on any atom is 0.338 e. The molecule has 0 aliphatic rings. The first kappa shape index (κ1) is 19.8. The Morgan fingerprint density at radius 1 is 1.12 bits per heavy atom. The van der Waals surface area contributed by atoms with Crippen molar-refractivity contribution in [3.63, 3.8) is 0 Å². The predicted octanol–water partition coefficient (Wildman–Crippen LogP) is 4.62. The second kappa shape index (κ2) is 8.23. The minimum atomic E-state index is -1.10. The molecule has 0 saturated carbocycles. The zero-order valence-electron chi connectivity index (χ0n) is 15.3. The largest absolute Gasteiger partial charge is 0.478 e. The Morgan fingerprint density at radius 3 is 2.35 bits per heavy atom. The van der Waals surface area contributed by atoms with Crippen LogP contribution in [0.5, 0.6) is 5.75 Å². The minimum absolute atomic E-state index is 0.306. The molecule has 0 spiro atoms. The number of ether oxygens (including phenoxy) is 2. The normalized spacial score (nSPS) is 11.0. The summed E-state index contributed by atoms with van der Waals surface area (Å²) in [7, 11) is 0. The summed E-state index contributed by atoms with van der Waals surface area (Å²) in [5, 5.41) is 3.43. The summed E-state index contributed by atoms with van der Waals surface area (Å²) in [6.07, 6.45) is 0. The molecule has 1 N–H and O–H groups in total. The van der Waals surface area contributed by atoms with Crippen molar-refractivity contribution in [2.75, 3.05) is 11.9 Å². The van der Waals surface area contributed by atoms with Gasteiger partial charge in [0, 0.05) is 10.7 Å². The maximum atomic E-state index is 12.6. The summed E-state index contributed by atoms with van der Waals surface area (Å²) in [6, 6.07) is 11.8. The molecule has 2 aromatic rings. The second-order valence-electron chi connectivity index (χ2n) is 6.27. The SMILES string of the molecule is CCOC(=O)c1ccc(NC(=O)C(C)(C)Oc2ccc(Cl)cc2)c(C)c1. The van der Waals surface area contributed by atoms with Gasteiger partial charge in [0.15, 0.2) is 5.60 Å². The Kier molecular flexibility index (Phi) is 6.27. The lowest BCUT2D eigenvalue weighted by atomic mass is 10.1. The van der Waals surface area contributed by atoms with Crippen LogP contribution in [-0.4, -0.2) is 24.1 Å². The Labute approximate surface area is 158 Å². The molecule has 0 aliphatic carbocycles. The molecule has 2 aromatic carbocycles. The van der Waals surface area contributed by atoms with Gasteiger partial charge in [0.25, 0.3) is 5.91 Å². The lowest BCUT2D eigenvalue weighted by molar-refractivity contribution is -0.128. The van der Waals surface area contributed by atoms with Crippen LogP contribution in [0.25, 0.3) is 0 Å². The molecule has 5 nitrogen and oxygen atoms in total. The lowest BCUT2D eigenvalue weighted by Crippen LogP contribution is -2.42. The summed E-state index contributed by atoms with van der Waals surface area (Å²) in [4.78, 5) is 24.4. The topological polar surface area (TPSA) is 64.6 Å². The smallest absolute Gasteiger partial charge is 0.338 e. The van der Waals surface area contributed by atoms with E-state index in [1.807, 2.05) is 6.92 Å². The standard InChI is InChI=1S/C20H22ClNO4/c1-5-25-18(23)14-6-11-17(13(2)12-14)22-19(24)20(3,4)26-16-9-7-15(21)8-10-16/h6-12H,5H2,1-4H3,(H,22,24). The van der Waals surface area contributed by atoms with Crippen LogP contribution in [0, 0.1) is 6.92 Å². The minimum Gasteiger partial charge on any atom is -0.478 e. The maximum absolute atomic E-state index is 12.6. The zero-order valence-corrected chi connectivity index (χ0v) is 16.0. The molecule has 0 heterocycles. The highest BCUT2D eigenvalue weighted by Crippen LogP contribution is 2.23. The van der Waals surface area contributed by atoms with Gasteiger partial charge in [-0.1, -0.05) is 11.6 Å². The average molecular weight is 376 g/mol. The van der Waals surface area contributed by atoms with Gasteiger partial charge in [0.05, 0.1) is 12.2 Å². The van der Waals surface area contributed by atoms with Gasteiger partial charge in [-0.05, 0) is 75.7 Å². The van der Waals surface area contributed by atoms with E-state index < -0.39 is 5.60 Å². The summed E-state index contributed by atoms with van der Waals surface area (Å²) < 4.78 is 10.8. The monoisotopic (exact) mass is 375 g/mol. The van der Waals surface area contributed by atoms with Crippen LogP contribution in [0.2, 0.25) is 5.02 Å². The van der Waals surface area contributed by atoms with Crippen molar-refractivity contribution < 1.29 is 19.1 Å². The van der Waals surface area contributed by atoms with E-state index in [-0.39, 0.29) is 11.9 Å². The molecular weight excluding hydrogens is 354 g/mol. The molecule has 0 aromatic heterocycles. The summed E-state index contributed by atoms with van der Waals surface area (Å²) in [6.45, 7) is 7.23. The number of aryl methyl sites for hydroxylation is 1. The van der Waals surface area contributed by atoms with Crippen molar-refractivity contribution in [1.82, 2.24) is 0 Å². The predicted molar refractivity (Wildman–Crippen MR) is 102 cm³/mol. The number of nitrogens with one attached hydrogen (secondary N) is 1. The molecule has 2 rings (SSSR count). The van der Waals surface area contributed by atoms with E-state index >= 15 is 0 Å². The number of esters is 1. The van der Waals surface area contributed by atoms with E-state index in [9.17, 15) is 9.59 Å². The summed E-state index contributed by atoms with van der Waals surface area (Å²) in [5.41, 5.74) is 0.709. The highest BCUT2D eigenvalue weighted by molar-refractivity contribution is 6.30. The first-order chi connectivity index (χ1) is 12.2. The number of hydrogen-bond acceptors (Lipinski definition) is 4. The van der Waals surface area contributed by atoms with Crippen molar-refractivity contribution in [2.24, 2.45) is 0 Å². The number of amides is 1. The van der Waals surface area contributed by atoms with Crippen molar-refractivity contribution >= 4 is 29.2 Å². The molecule has 1 amide bonds. The fourth-order valence-electron chi connectivity index (χ4n) is 2.26. The molecule has 26 heavy (non-hydrogen) atoms. The van der Waals surface area contributed by atoms with Gasteiger partial charge in [-0.2, -0.15) is 0 Å². The van der Waals surface area contributed by atoms with Crippen LogP contribution in [0.4, 0.5) is 5.69 Å². The van der Waals surface area contributed by atoms with E-state index in [4.69, 9.17) is 21.1 Å². The van der Waals surface area contributed by atoms with E-state index in [1.165, 1.54) is 0 Å². The number of carbonyl (C=O) groups is 2. The van der Waals surface area contributed by atoms with Gasteiger partial charge < -0.3 is 14.8 Å². The number of anilines is 1. The molecule has 0 radical (unpaired) electrons. The highest BCUT2D eigenvalue weighted by atomic mass is 35.5. The van der Waals surface area contributed by atoms with Crippen LogP contribution in [0.15, 0.2) is 42.5 Å². The molecule has 0 saturated heterocycles. The van der Waals surface area contributed by atoms with Gasteiger partial charge in [0.1, 0.15) is 5.75 Å². The van der Waals surface area contributed by atoms with Gasteiger partial charge >= 0.3 is 5.97 Å². The number of hydrogen-bond donors (Lipinski definition) is 1. The quantitative estimate of drug-likeness (QED) is 0.748. The fourth-order valence-corrected chi connectivity index (χ4v) is 2.39. The van der Waals surface area contributed by atoms with E-state index in [2.05, 4.69) is 5.32 Å². The fraction of sp³-hybridized carbons (Fsp3) is 0.300. The van der Waals surface area contributed by atoms with Crippen molar-refractivity contribution in [1.29, 1.82) is 0 Å². The number of halogens is 1. The van der Waals surface area contributed by atoms with E-state index in [0.717, 1.165) is 5.56 Å². The Balaban J connectivity index is 2.10. The van der Waals surface area contributed by atoms with Crippen LogP contribution >= 0.6 is 11.6 Å². The summed E-state index contributed by atoms with van der Waals surface area (Å²) in [5.74, 6) is -0.150. The summed E-state index contributed by atoms with van der Waals surface area (Å²) >= 11 is 5.86. The lowest BCUT2D eigenvalue weighted by Gasteiger charge is -2.25. The van der Waals surface area contributed by atoms with Gasteiger partial charge in [-0.25, -0.2) is 4.79 Å². The molecule has 0 unspecified atom stereocenters. The van der Waals surface area contributed by atoms with Crippen molar-refractivity contribution in [2.45, 2.75) is 33.3 Å². The molecule has 6 heteroatoms. The molecule has 0 bridgehead atoms. The zero-order chi connectivity index (χ0) is 19.3. The van der Waals surface area contributed by atoms with Gasteiger partial charge in [0.2, 0.25) is 0 Å². The third-order valence-electron chi connectivity index (χ3n) is 3.72. The van der Waals surface area contributed by atoms with Crippen molar-refractivity contribution in [3.8, 4) is 5.75 Å².